The maximum Gasteiger partial charge on any atom is 0.412 e. The van der Waals surface area contributed by atoms with Gasteiger partial charge in [0, 0.05) is 5.69 Å². The van der Waals surface area contributed by atoms with E-state index in [1.807, 2.05) is 6.07 Å². The van der Waals surface area contributed by atoms with Crippen LogP contribution in [0.25, 0.3) is 0 Å². The van der Waals surface area contributed by atoms with Gasteiger partial charge in [-0.25, -0.2) is 9.59 Å². The van der Waals surface area contributed by atoms with Crippen LogP contribution in [-0.4, -0.2) is 23.8 Å². The van der Waals surface area contributed by atoms with Crippen molar-refractivity contribution in [2.24, 2.45) is 0 Å². The molecule has 0 saturated heterocycles. The minimum Gasteiger partial charge on any atom is -0.444 e. The quantitative estimate of drug-likeness (QED) is 0.864. The molecule has 0 aliphatic heterocycles. The molecule has 0 saturated carbocycles. The van der Waals surface area contributed by atoms with Crippen molar-refractivity contribution in [2.45, 2.75) is 39.4 Å². The summed E-state index contributed by atoms with van der Waals surface area (Å²) in [7, 11) is 0. The van der Waals surface area contributed by atoms with Crippen molar-refractivity contribution in [2.75, 3.05) is 5.32 Å². The molecule has 1 rings (SSSR count). The molecule has 0 radical (unpaired) electrons. The SMILES string of the molecule is C[C@H](C#N)OC(=O)c1ccc(NC(=O)OC(C)(C)C)cc1. The lowest BCUT2D eigenvalue weighted by Crippen LogP contribution is -2.27. The van der Waals surface area contributed by atoms with E-state index in [4.69, 9.17) is 14.7 Å². The normalized spacial score (nSPS) is 12.0. The van der Waals surface area contributed by atoms with Crippen LogP contribution in [0, 0.1) is 11.3 Å². The van der Waals surface area contributed by atoms with Crippen molar-refractivity contribution in [1.82, 2.24) is 0 Å². The number of carbonyl (C=O) groups is 2. The maximum absolute atomic E-state index is 11.6. The van der Waals surface area contributed by atoms with E-state index in [1.165, 1.54) is 19.1 Å². The fraction of sp³-hybridized carbons (Fsp3) is 0.400. The Labute approximate surface area is 123 Å². The Hall–Kier alpha value is -2.55. The van der Waals surface area contributed by atoms with Gasteiger partial charge in [0.2, 0.25) is 0 Å². The van der Waals surface area contributed by atoms with E-state index in [-0.39, 0.29) is 0 Å². The number of esters is 1. The number of hydrogen-bond acceptors (Lipinski definition) is 5. The van der Waals surface area contributed by atoms with E-state index >= 15 is 0 Å². The van der Waals surface area contributed by atoms with Crippen LogP contribution in [0.2, 0.25) is 0 Å². The Morgan fingerprint density at radius 3 is 2.29 bits per heavy atom. The van der Waals surface area contributed by atoms with Gasteiger partial charge in [-0.3, -0.25) is 5.32 Å². The van der Waals surface area contributed by atoms with Gasteiger partial charge in [0.25, 0.3) is 0 Å². The summed E-state index contributed by atoms with van der Waals surface area (Å²) >= 11 is 0. The van der Waals surface area contributed by atoms with Crippen molar-refractivity contribution in [3.63, 3.8) is 0 Å². The van der Waals surface area contributed by atoms with Crippen LogP contribution < -0.4 is 5.32 Å². The molecule has 6 heteroatoms. The lowest BCUT2D eigenvalue weighted by atomic mass is 10.2. The monoisotopic (exact) mass is 290 g/mol. The molecular weight excluding hydrogens is 272 g/mol. The van der Waals surface area contributed by atoms with Crippen LogP contribution in [0.5, 0.6) is 0 Å². The number of nitrogens with zero attached hydrogens (tertiary/aromatic N) is 1. The molecule has 21 heavy (non-hydrogen) atoms. The summed E-state index contributed by atoms with van der Waals surface area (Å²) in [4.78, 5) is 23.2. The van der Waals surface area contributed by atoms with Crippen molar-refractivity contribution in [1.29, 1.82) is 5.26 Å². The fourth-order valence-electron chi connectivity index (χ4n) is 1.37. The molecule has 0 bridgehead atoms. The minimum absolute atomic E-state index is 0.298. The number of amides is 1. The summed E-state index contributed by atoms with van der Waals surface area (Å²) in [6.07, 6.45) is -1.38. The predicted molar refractivity (Wildman–Crippen MR) is 76.8 cm³/mol. The number of rotatable bonds is 3. The van der Waals surface area contributed by atoms with Gasteiger partial charge in [-0.1, -0.05) is 0 Å². The summed E-state index contributed by atoms with van der Waals surface area (Å²) in [5.74, 6) is -0.590. The molecule has 1 aromatic rings. The van der Waals surface area contributed by atoms with Crippen molar-refractivity contribution in [3.05, 3.63) is 29.8 Å². The Morgan fingerprint density at radius 2 is 1.81 bits per heavy atom. The summed E-state index contributed by atoms with van der Waals surface area (Å²) in [6, 6.07) is 7.91. The molecule has 0 heterocycles. The van der Waals surface area contributed by atoms with Gasteiger partial charge in [0.05, 0.1) is 5.56 Å². The van der Waals surface area contributed by atoms with Crippen molar-refractivity contribution < 1.29 is 19.1 Å². The third-order valence-corrected chi connectivity index (χ3v) is 2.23. The first-order chi connectivity index (χ1) is 9.71. The average molecular weight is 290 g/mol. The molecule has 0 fully saturated rings. The zero-order valence-electron chi connectivity index (χ0n) is 12.5. The van der Waals surface area contributed by atoms with E-state index in [9.17, 15) is 9.59 Å². The number of nitriles is 1. The van der Waals surface area contributed by atoms with E-state index < -0.39 is 23.8 Å². The first kappa shape index (κ1) is 16.5. The first-order valence-corrected chi connectivity index (χ1v) is 6.42. The molecule has 0 aliphatic carbocycles. The third-order valence-electron chi connectivity index (χ3n) is 2.23. The molecule has 0 aromatic heterocycles. The number of carbonyl (C=O) groups excluding carboxylic acids is 2. The Bertz CT molecular complexity index is 553. The number of hydrogen-bond donors (Lipinski definition) is 1. The topological polar surface area (TPSA) is 88.4 Å². The van der Waals surface area contributed by atoms with Crippen molar-refractivity contribution in [3.8, 4) is 6.07 Å². The van der Waals surface area contributed by atoms with E-state index in [0.717, 1.165) is 0 Å². The molecule has 1 aromatic carbocycles. The highest BCUT2D eigenvalue weighted by atomic mass is 16.6. The van der Waals surface area contributed by atoms with Crippen LogP contribution in [0.1, 0.15) is 38.1 Å². The van der Waals surface area contributed by atoms with Crippen LogP contribution in [-0.2, 0) is 9.47 Å². The Kier molecular flexibility index (Phi) is 5.30. The lowest BCUT2D eigenvalue weighted by Gasteiger charge is -2.19. The Balaban J connectivity index is 2.64. The highest BCUT2D eigenvalue weighted by molar-refractivity contribution is 5.91. The third kappa shape index (κ3) is 5.95. The second-order valence-electron chi connectivity index (χ2n) is 5.38. The highest BCUT2D eigenvalue weighted by Gasteiger charge is 2.16. The number of anilines is 1. The molecule has 1 amide bonds. The van der Waals surface area contributed by atoms with E-state index in [2.05, 4.69) is 5.32 Å². The van der Waals surface area contributed by atoms with Crippen LogP contribution >= 0.6 is 0 Å². The standard InChI is InChI=1S/C15H18N2O4/c1-10(9-16)20-13(18)11-5-7-12(8-6-11)17-14(19)21-15(2,3)4/h5-8,10H,1-4H3,(H,17,19)/t10-/m1/s1. The highest BCUT2D eigenvalue weighted by Crippen LogP contribution is 2.14. The Morgan fingerprint density at radius 1 is 1.24 bits per heavy atom. The van der Waals surface area contributed by atoms with Gasteiger partial charge in [-0.2, -0.15) is 5.26 Å². The molecule has 1 atom stereocenters. The van der Waals surface area contributed by atoms with Crippen LogP contribution in [0.3, 0.4) is 0 Å². The first-order valence-electron chi connectivity index (χ1n) is 6.42. The molecule has 0 aliphatic rings. The van der Waals surface area contributed by atoms with E-state index in [0.29, 0.717) is 11.3 Å². The summed E-state index contributed by atoms with van der Waals surface area (Å²) in [6.45, 7) is 6.78. The summed E-state index contributed by atoms with van der Waals surface area (Å²) < 4.78 is 9.97. The second kappa shape index (κ2) is 6.75. The van der Waals surface area contributed by atoms with Gasteiger partial charge < -0.3 is 9.47 Å². The molecule has 1 N–H and O–H groups in total. The van der Waals surface area contributed by atoms with Gasteiger partial charge in [0.1, 0.15) is 11.7 Å². The zero-order valence-corrected chi connectivity index (χ0v) is 12.5. The van der Waals surface area contributed by atoms with Gasteiger partial charge in [-0.15, -0.1) is 0 Å². The average Bonchev–Trinajstić information content (AvgIpc) is 2.36. The molecule has 112 valence electrons. The minimum atomic E-state index is -0.808. The maximum atomic E-state index is 11.6. The summed E-state index contributed by atoms with van der Waals surface area (Å²) in [5.41, 5.74) is 0.210. The molecule has 6 nitrogen and oxygen atoms in total. The number of nitrogens with one attached hydrogen (secondary N) is 1. The van der Waals surface area contributed by atoms with Gasteiger partial charge in [-0.05, 0) is 52.0 Å². The second-order valence-corrected chi connectivity index (χ2v) is 5.38. The van der Waals surface area contributed by atoms with Crippen LogP contribution in [0.15, 0.2) is 24.3 Å². The fourth-order valence-corrected chi connectivity index (χ4v) is 1.37. The van der Waals surface area contributed by atoms with Crippen LogP contribution in [0.4, 0.5) is 10.5 Å². The number of benzene rings is 1. The lowest BCUT2D eigenvalue weighted by molar-refractivity contribution is 0.0435. The van der Waals surface area contributed by atoms with Gasteiger partial charge in [0.15, 0.2) is 6.10 Å². The summed E-state index contributed by atoms with van der Waals surface area (Å²) in [5, 5.41) is 11.1. The predicted octanol–water partition coefficient (Wildman–Crippen LogP) is 3.10. The largest absolute Gasteiger partial charge is 0.444 e. The van der Waals surface area contributed by atoms with Gasteiger partial charge >= 0.3 is 12.1 Å². The smallest absolute Gasteiger partial charge is 0.412 e. The van der Waals surface area contributed by atoms with E-state index in [1.54, 1.807) is 32.9 Å². The molecule has 0 unspecified atom stereocenters. The zero-order chi connectivity index (χ0) is 16.0. The van der Waals surface area contributed by atoms with Crippen molar-refractivity contribution >= 4 is 17.7 Å². The molecule has 0 spiro atoms. The number of ether oxygens (including phenoxy) is 2. The molecular formula is C15H18N2O4.